The molecular weight excluding hydrogens is 334 g/mol. The Morgan fingerprint density at radius 1 is 1.00 bits per heavy atom. The molecule has 124 valence electrons. The number of nitrogens with zero attached hydrogens (tertiary/aromatic N) is 2. The lowest BCUT2D eigenvalue weighted by atomic mass is 10.0. The van der Waals surface area contributed by atoms with E-state index in [1.54, 1.807) is 17.0 Å². The van der Waals surface area contributed by atoms with E-state index in [9.17, 15) is 4.79 Å². The van der Waals surface area contributed by atoms with E-state index in [0.29, 0.717) is 10.6 Å². The van der Waals surface area contributed by atoms with Crippen LogP contribution in [0.2, 0.25) is 5.02 Å². The van der Waals surface area contributed by atoms with E-state index in [-0.39, 0.29) is 12.1 Å². The van der Waals surface area contributed by atoms with Crippen LogP contribution in [-0.4, -0.2) is 10.9 Å². The molecule has 1 amide bonds. The van der Waals surface area contributed by atoms with Crippen LogP contribution in [0, 0.1) is 6.92 Å². The molecule has 1 aliphatic heterocycles. The maximum absolute atomic E-state index is 13.2. The maximum atomic E-state index is 13.2. The number of halogens is 1. The highest BCUT2D eigenvalue weighted by Crippen LogP contribution is 2.36. The topological polar surface area (TPSA) is 45.2 Å². The average Bonchev–Trinajstić information content (AvgIpc) is 2.63. The van der Waals surface area contributed by atoms with Crippen LogP contribution in [0.1, 0.15) is 27.9 Å². The highest BCUT2D eigenvalue weighted by Gasteiger charge is 2.34. The van der Waals surface area contributed by atoms with E-state index in [1.807, 2.05) is 61.5 Å². The fraction of sp³-hybridized carbons (Fsp3) is 0.100. The zero-order valence-electron chi connectivity index (χ0n) is 13.6. The molecule has 0 saturated heterocycles. The second kappa shape index (κ2) is 6.22. The second-order valence-electron chi connectivity index (χ2n) is 5.95. The number of hydrogen-bond donors (Lipinski definition) is 1. The van der Waals surface area contributed by atoms with Gasteiger partial charge in [0.1, 0.15) is 0 Å². The Morgan fingerprint density at radius 3 is 2.52 bits per heavy atom. The van der Waals surface area contributed by atoms with Gasteiger partial charge in [0, 0.05) is 22.1 Å². The van der Waals surface area contributed by atoms with E-state index in [0.717, 1.165) is 22.8 Å². The smallest absolute Gasteiger partial charge is 0.262 e. The Labute approximate surface area is 151 Å². The lowest BCUT2D eigenvalue weighted by Crippen LogP contribution is -2.43. The number of para-hydroxylation sites is 1. The number of carbonyl (C=O) groups is 1. The summed E-state index contributed by atoms with van der Waals surface area (Å²) in [5, 5.41) is 4.07. The van der Waals surface area contributed by atoms with Gasteiger partial charge in [-0.1, -0.05) is 29.8 Å². The molecule has 5 heteroatoms. The van der Waals surface area contributed by atoms with E-state index >= 15 is 0 Å². The molecule has 0 saturated carbocycles. The predicted octanol–water partition coefficient (Wildman–Crippen LogP) is 4.81. The Hall–Kier alpha value is -2.85. The summed E-state index contributed by atoms with van der Waals surface area (Å²) < 4.78 is 0. The number of pyridine rings is 1. The molecule has 0 aliphatic carbocycles. The summed E-state index contributed by atoms with van der Waals surface area (Å²) in [6.45, 7) is 1.94. The van der Waals surface area contributed by atoms with Crippen molar-refractivity contribution in [2.45, 2.75) is 13.1 Å². The van der Waals surface area contributed by atoms with Crippen molar-refractivity contribution >= 4 is 28.9 Å². The first-order valence-electron chi connectivity index (χ1n) is 8.02. The number of fused-ring (bicyclic) bond motifs is 1. The number of benzene rings is 2. The molecule has 1 atom stereocenters. The van der Waals surface area contributed by atoms with Crippen LogP contribution in [0.25, 0.3) is 0 Å². The number of aromatic nitrogens is 1. The van der Waals surface area contributed by atoms with Crippen LogP contribution in [0.4, 0.5) is 11.4 Å². The normalized spacial score (nSPS) is 16.3. The van der Waals surface area contributed by atoms with E-state index in [1.165, 1.54) is 0 Å². The highest BCUT2D eigenvalue weighted by molar-refractivity contribution is 6.30. The molecule has 0 radical (unpaired) electrons. The molecule has 4 nitrogen and oxygen atoms in total. The van der Waals surface area contributed by atoms with Gasteiger partial charge in [-0.25, -0.2) is 0 Å². The Kier molecular flexibility index (Phi) is 3.90. The molecule has 2 heterocycles. The number of hydrogen-bond acceptors (Lipinski definition) is 3. The van der Waals surface area contributed by atoms with E-state index in [4.69, 9.17) is 11.6 Å². The Balaban J connectivity index is 1.87. The number of amides is 1. The van der Waals surface area contributed by atoms with Gasteiger partial charge in [-0.15, -0.1) is 0 Å². The summed E-state index contributed by atoms with van der Waals surface area (Å²) in [4.78, 5) is 19.5. The van der Waals surface area contributed by atoms with Crippen molar-refractivity contribution < 1.29 is 4.79 Å². The van der Waals surface area contributed by atoms with Gasteiger partial charge in [-0.3, -0.25) is 14.7 Å². The van der Waals surface area contributed by atoms with Crippen LogP contribution < -0.4 is 10.2 Å². The van der Waals surface area contributed by atoms with Gasteiger partial charge in [0.15, 0.2) is 6.17 Å². The molecule has 3 aromatic rings. The molecule has 25 heavy (non-hydrogen) atoms. The molecule has 0 spiro atoms. The van der Waals surface area contributed by atoms with Crippen LogP contribution in [0.3, 0.4) is 0 Å². The fourth-order valence-electron chi connectivity index (χ4n) is 3.04. The summed E-state index contributed by atoms with van der Waals surface area (Å²) in [5.41, 5.74) is 3.91. The van der Waals surface area contributed by atoms with Gasteiger partial charge >= 0.3 is 0 Å². The molecule has 2 aromatic carbocycles. The number of nitrogens with one attached hydrogen (secondary N) is 1. The Bertz CT molecular complexity index is 940. The third-order valence-electron chi connectivity index (χ3n) is 4.22. The summed E-state index contributed by atoms with van der Waals surface area (Å²) in [6, 6.07) is 20.6. The molecule has 1 N–H and O–H groups in total. The van der Waals surface area contributed by atoms with Crippen LogP contribution in [0.15, 0.2) is 66.7 Å². The fourth-order valence-corrected chi connectivity index (χ4v) is 3.17. The maximum Gasteiger partial charge on any atom is 0.262 e. The summed E-state index contributed by atoms with van der Waals surface area (Å²) in [7, 11) is 0. The average molecular weight is 350 g/mol. The third-order valence-corrected chi connectivity index (χ3v) is 4.47. The summed E-state index contributed by atoms with van der Waals surface area (Å²) >= 11 is 6.01. The SMILES string of the molecule is Cc1cccc([C@@H]2Nc3ccccc3C(=O)N2c2ccc(Cl)cc2)n1. The lowest BCUT2D eigenvalue weighted by molar-refractivity contribution is 0.0974. The quantitative estimate of drug-likeness (QED) is 0.721. The van der Waals surface area contributed by atoms with Gasteiger partial charge in [-0.2, -0.15) is 0 Å². The standard InChI is InChI=1S/C20H16ClN3O/c1-13-5-4-8-18(22-13)19-23-17-7-3-2-6-16(17)20(25)24(19)15-11-9-14(21)10-12-15/h2-12,19,23H,1H3/t19-/m1/s1. The van der Waals surface area contributed by atoms with E-state index < -0.39 is 0 Å². The number of anilines is 2. The van der Waals surface area contributed by atoms with E-state index in [2.05, 4.69) is 10.3 Å². The first-order valence-corrected chi connectivity index (χ1v) is 8.39. The first kappa shape index (κ1) is 15.7. The summed E-state index contributed by atoms with van der Waals surface area (Å²) in [5.74, 6) is -0.0648. The molecule has 0 unspecified atom stereocenters. The minimum absolute atomic E-state index is 0.0648. The Morgan fingerprint density at radius 2 is 1.76 bits per heavy atom. The van der Waals surface area contributed by atoms with Crippen molar-refractivity contribution in [1.82, 2.24) is 4.98 Å². The van der Waals surface area contributed by atoms with Crippen molar-refractivity contribution in [2.24, 2.45) is 0 Å². The van der Waals surface area contributed by atoms with Gasteiger partial charge in [0.25, 0.3) is 5.91 Å². The predicted molar refractivity (Wildman–Crippen MR) is 100 cm³/mol. The van der Waals surface area contributed by atoms with Gasteiger partial charge in [0.2, 0.25) is 0 Å². The second-order valence-corrected chi connectivity index (χ2v) is 6.38. The van der Waals surface area contributed by atoms with Crippen molar-refractivity contribution in [3.05, 3.63) is 88.7 Å². The van der Waals surface area contributed by atoms with Gasteiger partial charge < -0.3 is 5.32 Å². The van der Waals surface area contributed by atoms with Crippen LogP contribution in [-0.2, 0) is 0 Å². The first-order chi connectivity index (χ1) is 12.1. The van der Waals surface area contributed by atoms with Crippen LogP contribution in [0.5, 0.6) is 0 Å². The number of rotatable bonds is 2. The van der Waals surface area contributed by atoms with Crippen molar-refractivity contribution in [2.75, 3.05) is 10.2 Å². The largest absolute Gasteiger partial charge is 0.359 e. The van der Waals surface area contributed by atoms with Crippen molar-refractivity contribution in [3.63, 3.8) is 0 Å². The van der Waals surface area contributed by atoms with Gasteiger partial charge in [-0.05, 0) is 55.5 Å². The molecule has 1 aliphatic rings. The van der Waals surface area contributed by atoms with Crippen molar-refractivity contribution in [1.29, 1.82) is 0 Å². The van der Waals surface area contributed by atoms with Crippen molar-refractivity contribution in [3.8, 4) is 0 Å². The highest BCUT2D eigenvalue weighted by atomic mass is 35.5. The molecule has 0 fully saturated rings. The molecule has 4 rings (SSSR count). The zero-order valence-corrected chi connectivity index (χ0v) is 14.4. The molecule has 0 bridgehead atoms. The minimum Gasteiger partial charge on any atom is -0.359 e. The number of carbonyl (C=O) groups excluding carboxylic acids is 1. The minimum atomic E-state index is -0.386. The summed E-state index contributed by atoms with van der Waals surface area (Å²) in [6.07, 6.45) is -0.386. The molecular formula is C20H16ClN3O. The number of aryl methyl sites for hydroxylation is 1. The zero-order chi connectivity index (χ0) is 17.4. The van der Waals surface area contributed by atoms with Crippen LogP contribution >= 0.6 is 11.6 Å². The lowest BCUT2D eigenvalue weighted by Gasteiger charge is -2.37. The van der Waals surface area contributed by atoms with Gasteiger partial charge in [0.05, 0.1) is 11.3 Å². The third kappa shape index (κ3) is 2.85. The molecule has 1 aromatic heterocycles. The monoisotopic (exact) mass is 349 g/mol.